The fraction of sp³-hybridized carbons (Fsp3) is 0.462. The van der Waals surface area contributed by atoms with Gasteiger partial charge < -0.3 is 10.6 Å². The van der Waals surface area contributed by atoms with Crippen LogP contribution in [0.25, 0.3) is 5.52 Å². The third-order valence-corrected chi connectivity index (χ3v) is 4.18. The van der Waals surface area contributed by atoms with Crippen molar-refractivity contribution in [2.75, 3.05) is 6.54 Å². The summed E-state index contributed by atoms with van der Waals surface area (Å²) in [4.78, 5) is 20.4. The maximum absolute atomic E-state index is 12.2. The van der Waals surface area contributed by atoms with E-state index in [1.54, 1.807) is 29.3 Å². The van der Waals surface area contributed by atoms with Gasteiger partial charge in [-0.1, -0.05) is 0 Å². The lowest BCUT2D eigenvalue weighted by Crippen LogP contribution is -2.48. The molecule has 3 atom stereocenters. The van der Waals surface area contributed by atoms with Crippen LogP contribution in [0.15, 0.2) is 24.9 Å². The monoisotopic (exact) mass is 257 g/mol. The van der Waals surface area contributed by atoms with Gasteiger partial charge in [0.05, 0.1) is 11.7 Å². The second kappa shape index (κ2) is 4.03. The SMILES string of the molecule is O=C(N[C@@H]1C[C@@H]2CN[C@@H]1C2)c1cc2cncn2cn1. The molecule has 2 fully saturated rings. The summed E-state index contributed by atoms with van der Waals surface area (Å²) in [7, 11) is 0. The molecule has 2 N–H and O–H groups in total. The minimum absolute atomic E-state index is 0.0944. The zero-order valence-electron chi connectivity index (χ0n) is 10.4. The number of amides is 1. The van der Waals surface area contributed by atoms with E-state index in [0.29, 0.717) is 11.7 Å². The predicted molar refractivity (Wildman–Crippen MR) is 68.8 cm³/mol. The van der Waals surface area contributed by atoms with Crippen molar-refractivity contribution in [3.63, 3.8) is 0 Å². The highest BCUT2D eigenvalue weighted by atomic mass is 16.2. The molecule has 0 spiro atoms. The molecule has 1 saturated carbocycles. The van der Waals surface area contributed by atoms with Gasteiger partial charge in [0.2, 0.25) is 0 Å². The van der Waals surface area contributed by atoms with Crippen LogP contribution in [0.2, 0.25) is 0 Å². The minimum atomic E-state index is -0.0944. The molecule has 2 aromatic heterocycles. The number of hydrogen-bond acceptors (Lipinski definition) is 4. The number of nitrogens with one attached hydrogen (secondary N) is 2. The average molecular weight is 257 g/mol. The number of rotatable bonds is 2. The first-order valence-corrected chi connectivity index (χ1v) is 6.61. The van der Waals surface area contributed by atoms with Crippen molar-refractivity contribution in [3.05, 3.63) is 30.6 Å². The molecule has 0 aromatic carbocycles. The quantitative estimate of drug-likeness (QED) is 0.807. The lowest BCUT2D eigenvalue weighted by atomic mass is 10.1. The lowest BCUT2D eigenvalue weighted by Gasteiger charge is -2.23. The van der Waals surface area contributed by atoms with E-state index in [1.807, 2.05) is 0 Å². The Morgan fingerprint density at radius 2 is 2.37 bits per heavy atom. The number of carbonyl (C=O) groups is 1. The molecule has 0 unspecified atom stereocenters. The van der Waals surface area contributed by atoms with Crippen LogP contribution in [0.4, 0.5) is 0 Å². The molecule has 1 aliphatic carbocycles. The first-order chi connectivity index (χ1) is 9.29. The molecule has 1 aliphatic heterocycles. The van der Waals surface area contributed by atoms with Crippen molar-refractivity contribution >= 4 is 11.4 Å². The van der Waals surface area contributed by atoms with Crippen LogP contribution in [0.1, 0.15) is 23.3 Å². The second-order valence-corrected chi connectivity index (χ2v) is 5.43. The van der Waals surface area contributed by atoms with E-state index < -0.39 is 0 Å². The molecule has 2 bridgehead atoms. The molecule has 6 nitrogen and oxygen atoms in total. The third-order valence-electron chi connectivity index (χ3n) is 4.18. The van der Waals surface area contributed by atoms with Crippen molar-refractivity contribution in [1.82, 2.24) is 25.0 Å². The predicted octanol–water partition coefficient (Wildman–Crippen LogP) is 0.209. The number of nitrogens with zero attached hydrogens (tertiary/aromatic N) is 3. The van der Waals surface area contributed by atoms with E-state index in [0.717, 1.165) is 24.4 Å². The summed E-state index contributed by atoms with van der Waals surface area (Å²) in [5, 5.41) is 6.53. The van der Waals surface area contributed by atoms with Crippen molar-refractivity contribution in [2.45, 2.75) is 24.9 Å². The van der Waals surface area contributed by atoms with Crippen molar-refractivity contribution in [1.29, 1.82) is 0 Å². The first-order valence-electron chi connectivity index (χ1n) is 6.61. The summed E-state index contributed by atoms with van der Waals surface area (Å²) in [6.07, 6.45) is 7.27. The molecule has 2 aliphatic rings. The van der Waals surface area contributed by atoms with Gasteiger partial charge in [-0.25, -0.2) is 9.97 Å². The van der Waals surface area contributed by atoms with Gasteiger partial charge in [0.25, 0.3) is 5.91 Å². The van der Waals surface area contributed by atoms with Gasteiger partial charge in [-0.3, -0.25) is 9.20 Å². The number of fused-ring (bicyclic) bond motifs is 3. The van der Waals surface area contributed by atoms with Gasteiger partial charge in [0.15, 0.2) is 0 Å². The number of hydrogen-bond donors (Lipinski definition) is 2. The smallest absolute Gasteiger partial charge is 0.270 e. The summed E-state index contributed by atoms with van der Waals surface area (Å²) in [5.41, 5.74) is 1.34. The van der Waals surface area contributed by atoms with E-state index >= 15 is 0 Å². The Bertz CT molecular complexity index is 637. The second-order valence-electron chi connectivity index (χ2n) is 5.43. The fourth-order valence-electron chi connectivity index (χ4n) is 3.20. The van der Waals surface area contributed by atoms with Crippen LogP contribution in [-0.4, -0.2) is 38.9 Å². The topological polar surface area (TPSA) is 71.3 Å². The molecule has 4 rings (SSSR count). The zero-order valence-corrected chi connectivity index (χ0v) is 10.4. The fourth-order valence-corrected chi connectivity index (χ4v) is 3.20. The number of piperidine rings is 1. The Morgan fingerprint density at radius 1 is 1.42 bits per heavy atom. The van der Waals surface area contributed by atoms with Gasteiger partial charge in [0, 0.05) is 12.1 Å². The zero-order chi connectivity index (χ0) is 12.8. The Balaban J connectivity index is 1.53. The molecule has 98 valence electrons. The van der Waals surface area contributed by atoms with E-state index in [-0.39, 0.29) is 11.9 Å². The Hall–Kier alpha value is -1.95. The summed E-state index contributed by atoms with van der Waals surface area (Å²) < 4.78 is 1.79. The third kappa shape index (κ3) is 1.79. The highest BCUT2D eigenvalue weighted by Crippen LogP contribution is 2.31. The van der Waals surface area contributed by atoms with Crippen molar-refractivity contribution in [3.8, 4) is 0 Å². The van der Waals surface area contributed by atoms with Gasteiger partial charge >= 0.3 is 0 Å². The summed E-state index contributed by atoms with van der Waals surface area (Å²) >= 11 is 0. The highest BCUT2D eigenvalue weighted by molar-refractivity contribution is 5.93. The standard InChI is InChI=1S/C13H15N5O/c19-13(17-11-2-8-1-10(11)15-4-8)12-3-9-5-14-6-18(9)7-16-12/h3,5-8,10-11,15H,1-2,4H2,(H,17,19)/t8-,10-,11-/m1/s1. The Labute approximate surface area is 110 Å². The molecule has 19 heavy (non-hydrogen) atoms. The molecule has 0 radical (unpaired) electrons. The van der Waals surface area contributed by atoms with Crippen LogP contribution in [0, 0.1) is 5.92 Å². The van der Waals surface area contributed by atoms with Crippen LogP contribution in [0.3, 0.4) is 0 Å². The average Bonchev–Trinajstić information content (AvgIpc) is 3.13. The van der Waals surface area contributed by atoms with Crippen LogP contribution < -0.4 is 10.6 Å². The van der Waals surface area contributed by atoms with Gasteiger partial charge in [-0.2, -0.15) is 0 Å². The summed E-state index contributed by atoms with van der Waals surface area (Å²) in [5.74, 6) is 0.628. The van der Waals surface area contributed by atoms with Crippen LogP contribution >= 0.6 is 0 Å². The maximum Gasteiger partial charge on any atom is 0.270 e. The molecule has 1 saturated heterocycles. The van der Waals surface area contributed by atoms with Crippen LogP contribution in [-0.2, 0) is 0 Å². The van der Waals surface area contributed by atoms with Crippen molar-refractivity contribution in [2.24, 2.45) is 5.92 Å². The van der Waals surface area contributed by atoms with Gasteiger partial charge in [0.1, 0.15) is 18.3 Å². The molecular weight excluding hydrogens is 242 g/mol. The normalized spacial score (nSPS) is 28.9. The van der Waals surface area contributed by atoms with E-state index in [4.69, 9.17) is 0 Å². The largest absolute Gasteiger partial charge is 0.346 e. The summed E-state index contributed by atoms with van der Waals surface area (Å²) in [6.45, 7) is 1.09. The number of imidazole rings is 1. The molecular formula is C13H15N5O. The number of aromatic nitrogens is 3. The molecule has 1 amide bonds. The maximum atomic E-state index is 12.2. The van der Waals surface area contributed by atoms with Gasteiger partial charge in [-0.15, -0.1) is 0 Å². The Morgan fingerprint density at radius 3 is 3.16 bits per heavy atom. The van der Waals surface area contributed by atoms with Crippen LogP contribution in [0.5, 0.6) is 0 Å². The van der Waals surface area contributed by atoms with E-state index in [2.05, 4.69) is 20.6 Å². The minimum Gasteiger partial charge on any atom is -0.346 e. The highest BCUT2D eigenvalue weighted by Gasteiger charge is 2.40. The first kappa shape index (κ1) is 10.9. The van der Waals surface area contributed by atoms with Gasteiger partial charge in [-0.05, 0) is 31.4 Å². The summed E-state index contributed by atoms with van der Waals surface area (Å²) in [6, 6.07) is 2.45. The van der Waals surface area contributed by atoms with Crippen molar-refractivity contribution < 1.29 is 4.79 Å². The Kier molecular flexibility index (Phi) is 2.32. The lowest BCUT2D eigenvalue weighted by molar-refractivity contribution is 0.0923. The van der Waals surface area contributed by atoms with E-state index in [9.17, 15) is 4.79 Å². The van der Waals surface area contributed by atoms with E-state index in [1.165, 1.54) is 6.42 Å². The number of carbonyl (C=O) groups excluding carboxylic acids is 1. The molecule has 3 heterocycles. The molecule has 6 heteroatoms. The molecule has 2 aromatic rings.